The fraction of sp³-hybridized carbons (Fsp3) is 0.304. The largest absolute Gasteiger partial charge is 0.619 e. The predicted molar refractivity (Wildman–Crippen MR) is 246 cm³/mol. The summed E-state index contributed by atoms with van der Waals surface area (Å²) in [6, 6.07) is 9.51. The van der Waals surface area contributed by atoms with Crippen LogP contribution in [0, 0.1) is 33.7 Å². The number of amides is 2. The van der Waals surface area contributed by atoms with Gasteiger partial charge in [0.1, 0.15) is 11.6 Å². The van der Waals surface area contributed by atoms with Crippen molar-refractivity contribution < 1.29 is 63.6 Å². The number of hydrogen-bond acceptors (Lipinski definition) is 12. The average Bonchev–Trinajstić information content (AvgIpc) is 3.32. The van der Waals surface area contributed by atoms with Crippen LogP contribution in [0.5, 0.6) is 23.3 Å². The topological polar surface area (TPSA) is 189 Å². The molecule has 4 atom stereocenters. The van der Waals surface area contributed by atoms with Crippen LogP contribution in [0.4, 0.5) is 46.8 Å². The Labute approximate surface area is 418 Å². The van der Waals surface area contributed by atoms with Crippen LogP contribution in [0.1, 0.15) is 49.7 Å². The maximum Gasteiger partial charge on any atom is 0.257 e. The van der Waals surface area contributed by atoms with Crippen molar-refractivity contribution in [1.82, 2.24) is 29.7 Å². The highest BCUT2D eigenvalue weighted by molar-refractivity contribution is 5.94. The molecule has 6 aromatic rings. The Hall–Kier alpha value is -7.02. The molecule has 8 rings (SSSR count). The van der Waals surface area contributed by atoms with Crippen LogP contribution in [0.15, 0.2) is 110 Å². The standard InChI is InChI=1S/2C23H21F4N5O3.2ClH/c2*1-14(31-9-6-23(26,27)17(13-31)15-4-7-32(34)8-5-15)22(33)30-20-11-29-21(12-28-20)35-19-3-2-16(24)10-18(19)25;;/h2*2-5,7-8,10-12,14,17H,6,9,13H2,1H3,(H,28,30,33);2*1H/t2*14-,17+;;/m00../s1. The van der Waals surface area contributed by atoms with Gasteiger partial charge in [0.2, 0.25) is 23.6 Å². The van der Waals surface area contributed by atoms with Crippen molar-refractivity contribution in [3.63, 3.8) is 0 Å². The highest BCUT2D eigenvalue weighted by atomic mass is 35.5. The van der Waals surface area contributed by atoms with Crippen LogP contribution in [0.3, 0.4) is 0 Å². The monoisotopic (exact) mass is 1050 g/mol. The molecular weight excluding hydrogens is 1010 g/mol. The summed E-state index contributed by atoms with van der Waals surface area (Å²) in [7, 11) is 0. The van der Waals surface area contributed by atoms with E-state index in [9.17, 15) is 55.1 Å². The van der Waals surface area contributed by atoms with E-state index in [2.05, 4.69) is 30.6 Å². The van der Waals surface area contributed by atoms with Gasteiger partial charge in [0.15, 0.2) is 59.6 Å². The quantitative estimate of drug-likeness (QED) is 0.0682. The summed E-state index contributed by atoms with van der Waals surface area (Å²) in [6.45, 7) is 3.05. The molecule has 0 unspecified atom stereocenters. The molecule has 0 saturated carbocycles. The fourth-order valence-electron chi connectivity index (χ4n) is 7.57. The van der Waals surface area contributed by atoms with Crippen molar-refractivity contribution in [3.8, 4) is 23.3 Å². The Balaban J connectivity index is 0.000000260. The lowest BCUT2D eigenvalue weighted by Gasteiger charge is -2.40. The molecule has 2 aromatic carbocycles. The number of ether oxygens (including phenoxy) is 2. The molecule has 4 aromatic heterocycles. The number of piperidine rings is 2. The molecule has 26 heteroatoms. The molecule has 6 heterocycles. The second-order valence-corrected chi connectivity index (χ2v) is 16.3. The molecule has 2 saturated heterocycles. The van der Waals surface area contributed by atoms with Gasteiger partial charge < -0.3 is 30.5 Å². The van der Waals surface area contributed by atoms with E-state index in [0.29, 0.717) is 32.7 Å². The molecule has 384 valence electrons. The normalized spacial score (nSPS) is 18.1. The molecule has 0 bridgehead atoms. The van der Waals surface area contributed by atoms with E-state index < -0.39 is 83.7 Å². The van der Waals surface area contributed by atoms with Crippen molar-refractivity contribution in [1.29, 1.82) is 0 Å². The van der Waals surface area contributed by atoms with Crippen LogP contribution < -0.4 is 29.6 Å². The summed E-state index contributed by atoms with van der Waals surface area (Å²) in [5, 5.41) is 27.6. The molecule has 2 fully saturated rings. The Morgan fingerprint density at radius 3 is 1.29 bits per heavy atom. The lowest BCUT2D eigenvalue weighted by atomic mass is 9.87. The zero-order valence-corrected chi connectivity index (χ0v) is 39.4. The van der Waals surface area contributed by atoms with E-state index in [-0.39, 0.29) is 85.9 Å². The van der Waals surface area contributed by atoms with E-state index in [1.165, 1.54) is 36.7 Å². The molecule has 72 heavy (non-hydrogen) atoms. The number of hydrogen-bond donors (Lipinski definition) is 2. The number of pyridine rings is 2. The minimum Gasteiger partial charge on any atom is -0.619 e. The first-order valence-electron chi connectivity index (χ1n) is 21.4. The summed E-state index contributed by atoms with van der Waals surface area (Å²) < 4.78 is 123. The van der Waals surface area contributed by atoms with Crippen LogP contribution in [0.25, 0.3) is 0 Å². The molecule has 2 aliphatic heterocycles. The number of carbonyl (C=O) groups excluding carboxylic acids is 2. The smallest absolute Gasteiger partial charge is 0.257 e. The third-order valence-corrected chi connectivity index (χ3v) is 11.6. The third-order valence-electron chi connectivity index (χ3n) is 11.6. The van der Waals surface area contributed by atoms with Gasteiger partial charge in [-0.25, -0.2) is 55.1 Å². The second kappa shape index (κ2) is 23.9. The number of likely N-dealkylation sites (tertiary alicyclic amines) is 2. The zero-order valence-electron chi connectivity index (χ0n) is 37.8. The first-order valence-corrected chi connectivity index (χ1v) is 21.4. The van der Waals surface area contributed by atoms with Gasteiger partial charge in [-0.15, -0.1) is 24.8 Å². The van der Waals surface area contributed by atoms with Crippen LogP contribution >= 0.6 is 24.8 Å². The maximum absolute atomic E-state index is 14.6. The Morgan fingerprint density at radius 1 is 0.611 bits per heavy atom. The summed E-state index contributed by atoms with van der Waals surface area (Å²) in [5.74, 6) is -13.1. The van der Waals surface area contributed by atoms with Gasteiger partial charge in [0, 0.05) is 75.4 Å². The molecule has 16 nitrogen and oxygen atoms in total. The van der Waals surface area contributed by atoms with E-state index in [4.69, 9.17) is 9.47 Å². The second-order valence-electron chi connectivity index (χ2n) is 16.3. The van der Waals surface area contributed by atoms with Gasteiger partial charge in [0.25, 0.3) is 11.8 Å². The summed E-state index contributed by atoms with van der Waals surface area (Å²) in [5.41, 5.74) is 0.636. The van der Waals surface area contributed by atoms with Gasteiger partial charge in [-0.05, 0) is 49.2 Å². The van der Waals surface area contributed by atoms with Crippen molar-refractivity contribution in [2.24, 2.45) is 0 Å². The number of carbonyl (C=O) groups is 2. The molecule has 0 radical (unpaired) electrons. The number of anilines is 2. The lowest BCUT2D eigenvalue weighted by molar-refractivity contribution is -0.605. The first-order chi connectivity index (χ1) is 33.2. The van der Waals surface area contributed by atoms with Crippen LogP contribution in [0.2, 0.25) is 0 Å². The minimum absolute atomic E-state index is 0. The summed E-state index contributed by atoms with van der Waals surface area (Å²) >= 11 is 0. The third kappa shape index (κ3) is 14.1. The van der Waals surface area contributed by atoms with Gasteiger partial charge in [-0.2, -0.15) is 9.46 Å². The zero-order chi connectivity index (χ0) is 50.3. The van der Waals surface area contributed by atoms with Crippen molar-refractivity contribution in [2.75, 3.05) is 36.8 Å². The molecule has 2 aliphatic rings. The van der Waals surface area contributed by atoms with E-state index >= 15 is 0 Å². The lowest BCUT2D eigenvalue weighted by Crippen LogP contribution is -2.52. The number of nitrogens with zero attached hydrogens (tertiary/aromatic N) is 8. The molecular formula is C46H44Cl2F8N10O6. The predicted octanol–water partition coefficient (Wildman–Crippen LogP) is 8.11. The summed E-state index contributed by atoms with van der Waals surface area (Å²) in [6.07, 6.45) is 8.46. The van der Waals surface area contributed by atoms with Crippen molar-refractivity contribution in [3.05, 3.63) is 155 Å². The van der Waals surface area contributed by atoms with E-state index in [0.717, 1.165) is 61.4 Å². The first kappa shape index (κ1) is 55.9. The van der Waals surface area contributed by atoms with Crippen LogP contribution in [-0.2, 0) is 9.59 Å². The van der Waals surface area contributed by atoms with E-state index in [1.807, 2.05) is 0 Å². The molecule has 0 spiro atoms. The highest BCUT2D eigenvalue weighted by Gasteiger charge is 2.48. The number of alkyl halides is 4. The Bertz CT molecular complexity index is 2590. The van der Waals surface area contributed by atoms with Gasteiger partial charge >= 0.3 is 0 Å². The number of aromatic nitrogens is 6. The van der Waals surface area contributed by atoms with Gasteiger partial charge in [0.05, 0.1) is 48.7 Å². The minimum atomic E-state index is -2.98. The van der Waals surface area contributed by atoms with Gasteiger partial charge in [-0.3, -0.25) is 19.4 Å². The number of nitrogens with one attached hydrogen (secondary N) is 2. The highest BCUT2D eigenvalue weighted by Crippen LogP contribution is 2.42. The van der Waals surface area contributed by atoms with Crippen LogP contribution in [-0.4, -0.2) is 91.7 Å². The number of benzene rings is 2. The summed E-state index contributed by atoms with van der Waals surface area (Å²) in [4.78, 5) is 44.6. The Morgan fingerprint density at radius 2 is 0.972 bits per heavy atom. The van der Waals surface area contributed by atoms with Gasteiger partial charge in [-0.1, -0.05) is 0 Å². The molecule has 2 amide bonds. The number of halogens is 10. The average molecular weight is 1060 g/mol. The van der Waals surface area contributed by atoms with E-state index in [1.54, 1.807) is 23.6 Å². The van der Waals surface area contributed by atoms with Crippen molar-refractivity contribution in [2.45, 2.75) is 62.5 Å². The molecule has 0 aliphatic carbocycles. The SMILES string of the molecule is C[C@@H](C(=O)Nc1cnc(Oc2ccc(F)cc2F)cn1)N1CCC(F)(F)[C@@H](c2cc[n+]([O-])cc2)C1.C[C@@H](C(=O)Nc1cnc(Oc2ccc(F)cc2F)cn1)N1CCC(F)(F)[C@@H](c2cc[n+]([O-])cc2)C1.Cl.Cl. The number of rotatable bonds is 12. The maximum atomic E-state index is 14.6. The molecule has 2 N–H and O–H groups in total. The Kier molecular flexibility index (Phi) is 18.6. The fourth-order valence-corrected chi connectivity index (χ4v) is 7.57. The van der Waals surface area contributed by atoms with Crippen molar-refractivity contribution >= 4 is 48.3 Å².